The van der Waals surface area contributed by atoms with E-state index in [0.29, 0.717) is 5.69 Å². The Kier molecular flexibility index (Phi) is 4.55. The number of sulfonamides is 1. The molecule has 0 aliphatic rings. The summed E-state index contributed by atoms with van der Waals surface area (Å²) in [4.78, 5) is 3.91. The third kappa shape index (κ3) is 3.59. The molecule has 6 nitrogen and oxygen atoms in total. The van der Waals surface area contributed by atoms with Gasteiger partial charge in [-0.05, 0) is 26.2 Å². The summed E-state index contributed by atoms with van der Waals surface area (Å²) in [6.07, 6.45) is 0. The Morgan fingerprint density at radius 3 is 2.28 bits per heavy atom. The van der Waals surface area contributed by atoms with E-state index >= 15 is 0 Å². The van der Waals surface area contributed by atoms with E-state index in [1.807, 2.05) is 30.9 Å². The second-order valence-corrected chi connectivity index (χ2v) is 5.99. The monoisotopic (exact) mass is 272 g/mol. The predicted octanol–water partition coefficient (Wildman–Crippen LogP) is -0.0860. The van der Waals surface area contributed by atoms with Crippen molar-refractivity contribution >= 4 is 21.4 Å². The number of nitrogens with zero attached hydrogens (tertiary/aromatic N) is 2. The summed E-state index contributed by atoms with van der Waals surface area (Å²) in [5, 5.41) is 5.11. The summed E-state index contributed by atoms with van der Waals surface area (Å²) >= 11 is 0. The minimum absolute atomic E-state index is 0.0308. The molecular formula is C11H20N4O2S. The second-order valence-electron chi connectivity index (χ2n) is 4.46. The van der Waals surface area contributed by atoms with E-state index in [1.54, 1.807) is 12.1 Å². The molecule has 0 spiro atoms. The lowest BCUT2D eigenvalue weighted by Crippen LogP contribution is -2.29. The Hall–Kier alpha value is -1.31. The zero-order valence-corrected chi connectivity index (χ0v) is 11.7. The van der Waals surface area contributed by atoms with Crippen LogP contribution in [0, 0.1) is 0 Å². The molecule has 0 heterocycles. The number of benzene rings is 1. The van der Waals surface area contributed by atoms with Crippen LogP contribution in [0.3, 0.4) is 0 Å². The Bertz CT molecular complexity index is 514. The van der Waals surface area contributed by atoms with Crippen molar-refractivity contribution in [3.8, 4) is 0 Å². The highest BCUT2D eigenvalue weighted by molar-refractivity contribution is 7.89. The Morgan fingerprint density at radius 2 is 1.78 bits per heavy atom. The van der Waals surface area contributed by atoms with E-state index in [4.69, 9.17) is 10.9 Å². The first-order chi connectivity index (χ1) is 8.23. The van der Waals surface area contributed by atoms with Crippen molar-refractivity contribution in [2.45, 2.75) is 4.90 Å². The first-order valence-electron chi connectivity index (χ1n) is 5.50. The zero-order valence-electron chi connectivity index (χ0n) is 10.9. The molecule has 0 fully saturated rings. The van der Waals surface area contributed by atoms with Gasteiger partial charge < -0.3 is 15.5 Å². The molecule has 4 N–H and O–H groups in total. The summed E-state index contributed by atoms with van der Waals surface area (Å²) in [7, 11) is 2.02. The molecule has 1 aromatic carbocycles. The van der Waals surface area contributed by atoms with Gasteiger partial charge in [-0.15, -0.1) is 0 Å². The second kappa shape index (κ2) is 5.55. The smallest absolute Gasteiger partial charge is 0.240 e. The third-order valence-electron chi connectivity index (χ3n) is 2.64. The average Bonchev–Trinajstić information content (AvgIpc) is 2.24. The molecule has 0 unspecified atom stereocenters. The molecule has 1 aromatic rings. The topological polar surface area (TPSA) is 92.7 Å². The molecule has 0 saturated carbocycles. The number of anilines is 2. The molecular weight excluding hydrogens is 252 g/mol. The fourth-order valence-corrected chi connectivity index (χ4v) is 2.26. The molecule has 102 valence electrons. The van der Waals surface area contributed by atoms with Gasteiger partial charge in [0.1, 0.15) is 4.90 Å². The number of rotatable bonds is 5. The van der Waals surface area contributed by atoms with Gasteiger partial charge in [0.05, 0.1) is 11.4 Å². The minimum atomic E-state index is -3.78. The summed E-state index contributed by atoms with van der Waals surface area (Å²) in [5.74, 6) is 0. The quantitative estimate of drug-likeness (QED) is 0.731. The van der Waals surface area contributed by atoms with Crippen molar-refractivity contribution < 1.29 is 8.42 Å². The lowest BCUT2D eigenvalue weighted by molar-refractivity contribution is 0.416. The van der Waals surface area contributed by atoms with Gasteiger partial charge in [-0.3, -0.25) is 0 Å². The lowest BCUT2D eigenvalue weighted by Gasteiger charge is -2.23. The van der Waals surface area contributed by atoms with E-state index in [9.17, 15) is 8.42 Å². The SMILES string of the molecule is CN(C)CCN(C)c1cccc(S(N)(=O)=O)c1N. The molecule has 7 heteroatoms. The van der Waals surface area contributed by atoms with Crippen LogP contribution in [-0.4, -0.2) is 47.6 Å². The van der Waals surface area contributed by atoms with Crippen molar-refractivity contribution in [1.82, 2.24) is 4.90 Å². The van der Waals surface area contributed by atoms with Crippen LogP contribution in [-0.2, 0) is 10.0 Å². The van der Waals surface area contributed by atoms with Crippen LogP contribution in [0.4, 0.5) is 11.4 Å². The van der Waals surface area contributed by atoms with Crippen molar-refractivity contribution in [3.05, 3.63) is 18.2 Å². The van der Waals surface area contributed by atoms with E-state index in [0.717, 1.165) is 13.1 Å². The summed E-state index contributed by atoms with van der Waals surface area (Å²) in [6, 6.07) is 4.82. The van der Waals surface area contributed by atoms with Crippen LogP contribution >= 0.6 is 0 Å². The molecule has 0 aliphatic carbocycles. The van der Waals surface area contributed by atoms with Gasteiger partial charge in [-0.1, -0.05) is 6.07 Å². The number of primary sulfonamides is 1. The number of hydrogen-bond donors (Lipinski definition) is 2. The van der Waals surface area contributed by atoms with Crippen LogP contribution in [0.25, 0.3) is 0 Å². The number of nitrogen functional groups attached to an aromatic ring is 1. The number of hydrogen-bond acceptors (Lipinski definition) is 5. The van der Waals surface area contributed by atoms with Gasteiger partial charge in [0.25, 0.3) is 0 Å². The molecule has 0 bridgehead atoms. The molecule has 18 heavy (non-hydrogen) atoms. The zero-order chi connectivity index (χ0) is 13.9. The maximum Gasteiger partial charge on any atom is 0.240 e. The van der Waals surface area contributed by atoms with Crippen LogP contribution in [0.2, 0.25) is 0 Å². The molecule has 0 amide bonds. The van der Waals surface area contributed by atoms with Gasteiger partial charge in [-0.2, -0.15) is 0 Å². The van der Waals surface area contributed by atoms with Crippen LogP contribution < -0.4 is 15.8 Å². The van der Waals surface area contributed by atoms with Crippen molar-refractivity contribution in [2.24, 2.45) is 5.14 Å². The first-order valence-corrected chi connectivity index (χ1v) is 7.05. The van der Waals surface area contributed by atoms with Crippen molar-refractivity contribution in [3.63, 3.8) is 0 Å². The maximum absolute atomic E-state index is 11.4. The number of para-hydroxylation sites is 1. The number of likely N-dealkylation sites (N-methyl/N-ethyl adjacent to an activating group) is 2. The Labute approximate surface area is 108 Å². The van der Waals surface area contributed by atoms with Crippen LogP contribution in [0.15, 0.2) is 23.1 Å². The average molecular weight is 272 g/mol. The Balaban J connectivity index is 3.04. The normalized spacial score (nSPS) is 11.8. The summed E-state index contributed by atoms with van der Waals surface area (Å²) < 4.78 is 22.7. The Morgan fingerprint density at radius 1 is 1.17 bits per heavy atom. The van der Waals surface area contributed by atoms with Crippen LogP contribution in [0.5, 0.6) is 0 Å². The fraction of sp³-hybridized carbons (Fsp3) is 0.455. The van der Waals surface area contributed by atoms with Gasteiger partial charge in [0.15, 0.2) is 0 Å². The molecule has 0 aromatic heterocycles. The highest BCUT2D eigenvalue weighted by atomic mass is 32.2. The highest BCUT2D eigenvalue weighted by Crippen LogP contribution is 2.28. The van der Waals surface area contributed by atoms with Crippen molar-refractivity contribution in [2.75, 3.05) is 44.9 Å². The van der Waals surface area contributed by atoms with Gasteiger partial charge >= 0.3 is 0 Å². The predicted molar refractivity (Wildman–Crippen MR) is 74.1 cm³/mol. The summed E-state index contributed by atoms with van der Waals surface area (Å²) in [5.41, 5.74) is 6.73. The largest absolute Gasteiger partial charge is 0.396 e. The van der Waals surface area contributed by atoms with Gasteiger partial charge in [0.2, 0.25) is 10.0 Å². The molecule has 0 saturated heterocycles. The maximum atomic E-state index is 11.4. The molecule has 0 radical (unpaired) electrons. The minimum Gasteiger partial charge on any atom is -0.396 e. The fourth-order valence-electron chi connectivity index (χ4n) is 1.58. The van der Waals surface area contributed by atoms with E-state index < -0.39 is 10.0 Å². The number of nitrogens with two attached hydrogens (primary N) is 2. The van der Waals surface area contributed by atoms with E-state index in [-0.39, 0.29) is 10.6 Å². The molecule has 0 atom stereocenters. The van der Waals surface area contributed by atoms with Crippen LogP contribution in [0.1, 0.15) is 0 Å². The van der Waals surface area contributed by atoms with E-state index in [1.165, 1.54) is 6.07 Å². The molecule has 1 rings (SSSR count). The standard InChI is InChI=1S/C11H20N4O2S/c1-14(2)7-8-15(3)9-5-4-6-10(11(9)12)18(13,16)17/h4-6H,7-8,12H2,1-3H3,(H2,13,16,17). The van der Waals surface area contributed by atoms with Gasteiger partial charge in [0, 0.05) is 20.1 Å². The summed E-state index contributed by atoms with van der Waals surface area (Å²) in [6.45, 7) is 1.58. The third-order valence-corrected chi connectivity index (χ3v) is 3.61. The molecule has 0 aliphatic heterocycles. The van der Waals surface area contributed by atoms with E-state index in [2.05, 4.69) is 0 Å². The first kappa shape index (κ1) is 14.7. The van der Waals surface area contributed by atoms with Gasteiger partial charge in [-0.25, -0.2) is 13.6 Å². The van der Waals surface area contributed by atoms with Crippen molar-refractivity contribution in [1.29, 1.82) is 0 Å². The highest BCUT2D eigenvalue weighted by Gasteiger charge is 2.16. The lowest BCUT2D eigenvalue weighted by atomic mass is 10.2.